The van der Waals surface area contributed by atoms with E-state index in [9.17, 15) is 0 Å². The third-order valence-corrected chi connectivity index (χ3v) is 5.09. The summed E-state index contributed by atoms with van der Waals surface area (Å²) in [6.07, 6.45) is 2.62. The van der Waals surface area contributed by atoms with E-state index in [1.807, 2.05) is 19.9 Å². The van der Waals surface area contributed by atoms with Gasteiger partial charge in [0.2, 0.25) is 0 Å². The monoisotopic (exact) mass is 295 g/mol. The Morgan fingerprint density at radius 3 is 2.55 bits per heavy atom. The van der Waals surface area contributed by atoms with Crippen LogP contribution in [0.15, 0.2) is 11.2 Å². The number of rotatable bonds is 2. The quantitative estimate of drug-likeness (QED) is 0.839. The zero-order valence-electron chi connectivity index (χ0n) is 12.0. The summed E-state index contributed by atoms with van der Waals surface area (Å²) in [5.74, 6) is -0.410. The number of nitrogens with zero attached hydrogens (tertiary/aromatic N) is 2. The summed E-state index contributed by atoms with van der Waals surface area (Å²) in [4.78, 5) is 8.98. The molecule has 1 aromatic heterocycles. The normalized spacial score (nSPS) is 28.9. The van der Waals surface area contributed by atoms with Crippen molar-refractivity contribution in [2.75, 3.05) is 13.2 Å². The van der Waals surface area contributed by atoms with E-state index in [-0.39, 0.29) is 11.3 Å². The fourth-order valence-corrected chi connectivity index (χ4v) is 4.21. The maximum Gasteiger partial charge on any atom is 0.188 e. The predicted octanol–water partition coefficient (Wildman–Crippen LogP) is 1.81. The molecule has 2 N–H and O–H groups in total. The molecule has 0 radical (unpaired) electrons. The van der Waals surface area contributed by atoms with E-state index >= 15 is 0 Å². The average molecular weight is 295 g/mol. The zero-order chi connectivity index (χ0) is 14.2. The molecule has 2 unspecified atom stereocenters. The fourth-order valence-electron chi connectivity index (χ4n) is 2.90. The molecule has 20 heavy (non-hydrogen) atoms. The van der Waals surface area contributed by atoms with Crippen LogP contribution in [0.3, 0.4) is 0 Å². The lowest BCUT2D eigenvalue weighted by Gasteiger charge is -2.39. The number of hydrogen-bond donors (Lipinski definition) is 1. The largest absolute Gasteiger partial charge is 0.347 e. The minimum Gasteiger partial charge on any atom is -0.347 e. The first-order chi connectivity index (χ1) is 9.56. The molecule has 2 aliphatic rings. The van der Waals surface area contributed by atoms with Gasteiger partial charge in [0.25, 0.3) is 0 Å². The van der Waals surface area contributed by atoms with Crippen molar-refractivity contribution in [2.45, 2.75) is 55.3 Å². The predicted molar refractivity (Wildman–Crippen MR) is 77.6 cm³/mol. The van der Waals surface area contributed by atoms with E-state index in [0.717, 1.165) is 35.8 Å². The topological polar surface area (TPSA) is 70.3 Å². The maximum absolute atomic E-state index is 6.27. The number of thioether (sulfide) groups is 1. The number of hydrogen-bond acceptors (Lipinski definition) is 6. The van der Waals surface area contributed by atoms with Crippen molar-refractivity contribution in [1.29, 1.82) is 0 Å². The molecule has 0 amide bonds. The second kappa shape index (κ2) is 5.60. The van der Waals surface area contributed by atoms with Gasteiger partial charge in [-0.25, -0.2) is 9.97 Å². The van der Waals surface area contributed by atoms with Crippen molar-refractivity contribution < 1.29 is 9.47 Å². The zero-order valence-corrected chi connectivity index (χ0v) is 12.8. The smallest absolute Gasteiger partial charge is 0.188 e. The molecule has 1 saturated heterocycles. The van der Waals surface area contributed by atoms with Crippen LogP contribution in [0.25, 0.3) is 0 Å². The Bertz CT molecular complexity index is 471. The highest BCUT2D eigenvalue weighted by molar-refractivity contribution is 7.99. The summed E-state index contributed by atoms with van der Waals surface area (Å²) < 4.78 is 11.6. The van der Waals surface area contributed by atoms with Gasteiger partial charge >= 0.3 is 0 Å². The number of ether oxygens (including phenoxy) is 2. The third-order valence-electron chi connectivity index (χ3n) is 3.88. The van der Waals surface area contributed by atoms with Crippen LogP contribution in [0.5, 0.6) is 0 Å². The summed E-state index contributed by atoms with van der Waals surface area (Å²) in [6, 6.07) is 2.12. The first kappa shape index (κ1) is 14.3. The summed E-state index contributed by atoms with van der Waals surface area (Å²) in [5, 5.41) is 1.04. The van der Waals surface area contributed by atoms with Crippen LogP contribution < -0.4 is 5.73 Å². The highest BCUT2D eigenvalue weighted by Gasteiger charge is 2.44. The van der Waals surface area contributed by atoms with Crippen LogP contribution in [-0.2, 0) is 9.47 Å². The van der Waals surface area contributed by atoms with Crippen LogP contribution in [0.2, 0.25) is 0 Å². The van der Waals surface area contributed by atoms with Gasteiger partial charge in [-0.1, -0.05) is 11.8 Å². The number of aromatic nitrogens is 2. The van der Waals surface area contributed by atoms with Gasteiger partial charge in [0.15, 0.2) is 10.9 Å². The Balaban J connectivity index is 1.74. The molecule has 5 nitrogen and oxygen atoms in total. The molecule has 2 heterocycles. The summed E-state index contributed by atoms with van der Waals surface area (Å²) >= 11 is 1.65. The van der Waals surface area contributed by atoms with Gasteiger partial charge in [-0.2, -0.15) is 0 Å². The summed E-state index contributed by atoms with van der Waals surface area (Å²) in [6.45, 7) is 5.35. The summed E-state index contributed by atoms with van der Waals surface area (Å²) in [7, 11) is 0. The average Bonchev–Trinajstić information content (AvgIpc) is 2.81. The molecule has 0 bridgehead atoms. The van der Waals surface area contributed by atoms with Gasteiger partial charge in [0.1, 0.15) is 0 Å². The first-order valence-electron chi connectivity index (χ1n) is 7.09. The minimum atomic E-state index is -0.410. The molecule has 3 rings (SSSR count). The Morgan fingerprint density at radius 1 is 1.25 bits per heavy atom. The van der Waals surface area contributed by atoms with E-state index in [4.69, 9.17) is 15.2 Å². The molecular weight excluding hydrogens is 274 g/mol. The van der Waals surface area contributed by atoms with Crippen molar-refractivity contribution in [3.63, 3.8) is 0 Å². The molecule has 1 saturated carbocycles. The number of aryl methyl sites for hydroxylation is 2. The molecule has 110 valence electrons. The van der Waals surface area contributed by atoms with Gasteiger partial charge in [0.05, 0.1) is 13.2 Å². The molecule has 1 aliphatic heterocycles. The van der Waals surface area contributed by atoms with E-state index in [0.29, 0.717) is 13.2 Å². The highest BCUT2D eigenvalue weighted by Crippen LogP contribution is 2.41. The molecule has 6 heteroatoms. The first-order valence-corrected chi connectivity index (χ1v) is 7.97. The van der Waals surface area contributed by atoms with Crippen LogP contribution in [0.4, 0.5) is 0 Å². The minimum absolute atomic E-state index is 0.142. The van der Waals surface area contributed by atoms with E-state index in [1.54, 1.807) is 11.8 Å². The highest BCUT2D eigenvalue weighted by atomic mass is 32.2. The van der Waals surface area contributed by atoms with Gasteiger partial charge < -0.3 is 15.2 Å². The van der Waals surface area contributed by atoms with Crippen LogP contribution >= 0.6 is 11.8 Å². The Labute approximate surface area is 123 Å². The number of nitrogens with two attached hydrogens (primary N) is 1. The van der Waals surface area contributed by atoms with Gasteiger partial charge in [-0.05, 0) is 26.3 Å². The molecule has 2 atom stereocenters. The van der Waals surface area contributed by atoms with Gasteiger partial charge in [0, 0.05) is 35.5 Å². The van der Waals surface area contributed by atoms with E-state index in [1.165, 1.54) is 0 Å². The third kappa shape index (κ3) is 2.98. The molecule has 0 aromatic carbocycles. The van der Waals surface area contributed by atoms with Crippen molar-refractivity contribution in [3.05, 3.63) is 17.5 Å². The van der Waals surface area contributed by atoms with Crippen molar-refractivity contribution in [2.24, 2.45) is 5.73 Å². The van der Waals surface area contributed by atoms with Gasteiger partial charge in [-0.3, -0.25) is 0 Å². The summed E-state index contributed by atoms with van der Waals surface area (Å²) in [5.41, 5.74) is 8.25. The molecule has 1 spiro atoms. The van der Waals surface area contributed by atoms with Crippen LogP contribution in [-0.4, -0.2) is 40.3 Å². The lowest BCUT2D eigenvalue weighted by molar-refractivity contribution is -0.176. The Kier molecular flexibility index (Phi) is 3.99. The molecule has 1 aliphatic carbocycles. The van der Waals surface area contributed by atoms with Crippen LogP contribution in [0.1, 0.15) is 30.7 Å². The van der Waals surface area contributed by atoms with E-state index in [2.05, 4.69) is 9.97 Å². The lowest BCUT2D eigenvalue weighted by Crippen LogP contribution is -2.47. The molecule has 2 fully saturated rings. The fraction of sp³-hybridized carbons (Fsp3) is 0.714. The van der Waals surface area contributed by atoms with Gasteiger partial charge in [-0.15, -0.1) is 0 Å². The van der Waals surface area contributed by atoms with Crippen molar-refractivity contribution in [1.82, 2.24) is 9.97 Å². The molecular formula is C14H21N3O2S. The second-order valence-electron chi connectivity index (χ2n) is 5.60. The Hall–Kier alpha value is -0.690. The van der Waals surface area contributed by atoms with Crippen molar-refractivity contribution >= 4 is 11.8 Å². The molecule has 1 aromatic rings. The second-order valence-corrected chi connectivity index (χ2v) is 6.81. The SMILES string of the molecule is Cc1cc(C)nc(SC2CC3(CCC2N)OCCO3)n1. The maximum atomic E-state index is 6.27. The van der Waals surface area contributed by atoms with Crippen molar-refractivity contribution in [3.8, 4) is 0 Å². The Morgan fingerprint density at radius 2 is 1.90 bits per heavy atom. The van der Waals surface area contributed by atoms with E-state index < -0.39 is 5.79 Å². The van der Waals surface area contributed by atoms with Crippen LogP contribution in [0, 0.1) is 13.8 Å². The lowest BCUT2D eigenvalue weighted by atomic mass is 9.90. The standard InChI is InChI=1S/C14H21N3O2S/c1-9-7-10(2)17-13(16-9)20-12-8-14(4-3-11(12)15)18-5-6-19-14/h7,11-12H,3-6,8,15H2,1-2H3.